The number of carbonyl (C=O) groups is 2. The lowest BCUT2D eigenvalue weighted by Gasteiger charge is -2.10. The number of halogens is 3. The second-order valence-electron chi connectivity index (χ2n) is 6.58. The number of amides is 3. The summed E-state index contributed by atoms with van der Waals surface area (Å²) in [5, 5.41) is 5.13. The lowest BCUT2D eigenvalue weighted by atomic mass is 10.2. The van der Waals surface area contributed by atoms with Crippen molar-refractivity contribution in [2.24, 2.45) is 5.73 Å². The zero-order chi connectivity index (χ0) is 22.3. The Labute approximate surface area is 175 Å². The molecular formula is C18H22F3N5O3S. The summed E-state index contributed by atoms with van der Waals surface area (Å²) < 4.78 is 49.5. The minimum Gasteiger partial charge on any atom is -0.471 e. The van der Waals surface area contributed by atoms with Gasteiger partial charge in [0.1, 0.15) is 34.6 Å². The van der Waals surface area contributed by atoms with Gasteiger partial charge in [-0.2, -0.15) is 4.37 Å². The number of nitrogens with one attached hydrogen (secondary N) is 2. The third-order valence-electron chi connectivity index (χ3n) is 3.91. The molecule has 12 heteroatoms. The number of carbonyl (C=O) groups excluding carboxylic acids is 2. The summed E-state index contributed by atoms with van der Waals surface area (Å²) >= 11 is 0.725. The molecule has 8 nitrogen and oxygen atoms in total. The highest BCUT2D eigenvalue weighted by atomic mass is 32.1. The predicted molar refractivity (Wildman–Crippen MR) is 106 cm³/mol. The quantitative estimate of drug-likeness (QED) is 0.487. The number of ether oxygens (including phenoxy) is 1. The van der Waals surface area contributed by atoms with Crippen molar-refractivity contribution < 1.29 is 27.5 Å². The summed E-state index contributed by atoms with van der Waals surface area (Å²) in [4.78, 5) is 25.8. The highest BCUT2D eigenvalue weighted by molar-refractivity contribution is 7.11. The lowest BCUT2D eigenvalue weighted by Crippen LogP contribution is -2.30. The standard InChI is InChI=1S/C18H22F3N5O3S/c1-26(2)6-4-3-5-23-18(28)24-17-14(15(22)27)16(25-30-17)29-9-11-12(20)7-10(19)8-13(11)21/h7-8H,3-6,9H2,1-2H3,(H2,22,27)(H2,23,24,28). The molecule has 0 saturated heterocycles. The zero-order valence-electron chi connectivity index (χ0n) is 16.4. The van der Waals surface area contributed by atoms with E-state index in [1.807, 2.05) is 19.0 Å². The zero-order valence-corrected chi connectivity index (χ0v) is 17.2. The van der Waals surface area contributed by atoms with Crippen molar-refractivity contribution in [2.75, 3.05) is 32.5 Å². The minimum absolute atomic E-state index is 0.0309. The van der Waals surface area contributed by atoms with Crippen molar-refractivity contribution in [3.05, 3.63) is 40.7 Å². The van der Waals surface area contributed by atoms with Gasteiger partial charge in [0.25, 0.3) is 5.91 Å². The molecule has 1 aromatic heterocycles. The summed E-state index contributed by atoms with van der Waals surface area (Å²) in [7, 11) is 3.90. The van der Waals surface area contributed by atoms with Gasteiger partial charge in [-0.1, -0.05) is 0 Å². The number of rotatable bonds is 10. The highest BCUT2D eigenvalue weighted by Gasteiger charge is 2.23. The molecule has 3 amide bonds. The first-order chi connectivity index (χ1) is 14.2. The number of unbranched alkanes of at least 4 members (excludes halogenated alkanes) is 1. The average molecular weight is 445 g/mol. The van der Waals surface area contributed by atoms with Gasteiger partial charge in [0, 0.05) is 18.7 Å². The molecule has 30 heavy (non-hydrogen) atoms. The molecule has 0 aliphatic rings. The van der Waals surface area contributed by atoms with E-state index < -0.39 is 41.6 Å². The molecule has 0 aliphatic heterocycles. The Morgan fingerprint density at radius 3 is 2.47 bits per heavy atom. The summed E-state index contributed by atoms with van der Waals surface area (Å²) in [6.07, 6.45) is 1.66. The monoisotopic (exact) mass is 445 g/mol. The molecule has 0 aliphatic carbocycles. The molecule has 0 fully saturated rings. The van der Waals surface area contributed by atoms with Crippen LogP contribution in [0.5, 0.6) is 5.88 Å². The normalized spacial score (nSPS) is 10.9. The van der Waals surface area contributed by atoms with Crippen LogP contribution >= 0.6 is 11.5 Å². The number of primary amides is 1. The maximum atomic E-state index is 13.7. The van der Waals surface area contributed by atoms with Gasteiger partial charge >= 0.3 is 6.03 Å². The van der Waals surface area contributed by atoms with Crippen LogP contribution in [0.4, 0.5) is 23.0 Å². The van der Waals surface area contributed by atoms with Gasteiger partial charge in [0.15, 0.2) is 0 Å². The average Bonchev–Trinajstić information content (AvgIpc) is 3.02. The largest absolute Gasteiger partial charge is 0.471 e. The van der Waals surface area contributed by atoms with Crippen LogP contribution in [0.25, 0.3) is 0 Å². The van der Waals surface area contributed by atoms with E-state index in [4.69, 9.17) is 10.5 Å². The predicted octanol–water partition coefficient (Wildman–Crippen LogP) is 2.70. The van der Waals surface area contributed by atoms with Gasteiger partial charge < -0.3 is 20.7 Å². The van der Waals surface area contributed by atoms with E-state index in [1.54, 1.807) is 0 Å². The second-order valence-corrected chi connectivity index (χ2v) is 7.36. The van der Waals surface area contributed by atoms with Crippen LogP contribution in [-0.2, 0) is 6.61 Å². The van der Waals surface area contributed by atoms with Crippen molar-refractivity contribution >= 4 is 28.5 Å². The fraction of sp³-hybridized carbons (Fsp3) is 0.389. The van der Waals surface area contributed by atoms with E-state index in [-0.39, 0.29) is 16.4 Å². The second kappa shape index (κ2) is 10.8. The molecule has 1 heterocycles. The summed E-state index contributed by atoms with van der Waals surface area (Å²) in [5.74, 6) is -4.60. The topological polar surface area (TPSA) is 110 Å². The highest BCUT2D eigenvalue weighted by Crippen LogP contribution is 2.31. The molecule has 0 atom stereocenters. The number of hydrogen-bond donors (Lipinski definition) is 3. The van der Waals surface area contributed by atoms with Gasteiger partial charge in [0.2, 0.25) is 5.88 Å². The van der Waals surface area contributed by atoms with Crippen molar-refractivity contribution in [1.29, 1.82) is 0 Å². The Morgan fingerprint density at radius 1 is 1.20 bits per heavy atom. The number of nitrogens with zero attached hydrogens (tertiary/aromatic N) is 2. The molecule has 2 aromatic rings. The molecule has 2 rings (SSSR count). The van der Waals surface area contributed by atoms with Crippen LogP contribution in [-0.4, -0.2) is 48.4 Å². The molecular weight excluding hydrogens is 423 g/mol. The van der Waals surface area contributed by atoms with Gasteiger partial charge in [-0.15, -0.1) is 0 Å². The van der Waals surface area contributed by atoms with E-state index >= 15 is 0 Å². The maximum absolute atomic E-state index is 13.7. The summed E-state index contributed by atoms with van der Waals surface area (Å²) in [6.45, 7) is 0.663. The van der Waals surface area contributed by atoms with Crippen molar-refractivity contribution in [3.8, 4) is 5.88 Å². The molecule has 0 bridgehead atoms. The first kappa shape index (κ1) is 23.4. The van der Waals surface area contributed by atoms with Gasteiger partial charge in [-0.05, 0) is 45.0 Å². The smallest absolute Gasteiger partial charge is 0.319 e. The van der Waals surface area contributed by atoms with Crippen molar-refractivity contribution in [3.63, 3.8) is 0 Å². The van der Waals surface area contributed by atoms with Crippen LogP contribution in [0.2, 0.25) is 0 Å². The summed E-state index contributed by atoms with van der Waals surface area (Å²) in [5.41, 5.74) is 4.56. The molecule has 0 spiro atoms. The first-order valence-corrected chi connectivity index (χ1v) is 9.71. The molecule has 4 N–H and O–H groups in total. The lowest BCUT2D eigenvalue weighted by molar-refractivity contribution is 0.0996. The summed E-state index contributed by atoms with van der Waals surface area (Å²) in [6, 6.07) is 0.453. The molecule has 1 aromatic carbocycles. The Balaban J connectivity index is 2.00. The van der Waals surface area contributed by atoms with Crippen LogP contribution in [0, 0.1) is 17.5 Å². The Bertz CT molecular complexity index is 884. The molecule has 0 saturated carbocycles. The fourth-order valence-corrected chi connectivity index (χ4v) is 3.17. The third-order valence-corrected chi connectivity index (χ3v) is 4.66. The van der Waals surface area contributed by atoms with Crippen molar-refractivity contribution in [1.82, 2.24) is 14.6 Å². The third kappa shape index (κ3) is 6.59. The minimum atomic E-state index is -1.14. The SMILES string of the molecule is CN(C)CCCCNC(=O)Nc1snc(OCc2c(F)cc(F)cc2F)c1C(N)=O. The number of anilines is 1. The Kier molecular flexibility index (Phi) is 8.42. The first-order valence-electron chi connectivity index (χ1n) is 8.94. The van der Waals surface area contributed by atoms with Crippen molar-refractivity contribution in [2.45, 2.75) is 19.4 Å². The number of hydrogen-bond acceptors (Lipinski definition) is 6. The van der Waals surface area contributed by atoms with Crippen LogP contribution < -0.4 is 21.1 Å². The van der Waals surface area contributed by atoms with E-state index in [0.29, 0.717) is 18.7 Å². The van der Waals surface area contributed by atoms with E-state index in [2.05, 4.69) is 15.0 Å². The molecule has 0 radical (unpaired) electrons. The number of benzene rings is 1. The fourth-order valence-electron chi connectivity index (χ4n) is 2.43. The van der Waals surface area contributed by atoms with Crippen LogP contribution in [0.15, 0.2) is 12.1 Å². The van der Waals surface area contributed by atoms with E-state index in [9.17, 15) is 22.8 Å². The van der Waals surface area contributed by atoms with Crippen LogP contribution in [0.1, 0.15) is 28.8 Å². The van der Waals surface area contributed by atoms with Gasteiger partial charge in [0.05, 0.1) is 5.56 Å². The molecule has 0 unspecified atom stereocenters. The van der Waals surface area contributed by atoms with Gasteiger partial charge in [-0.3, -0.25) is 10.1 Å². The Morgan fingerprint density at radius 2 is 1.87 bits per heavy atom. The van der Waals surface area contributed by atoms with E-state index in [1.165, 1.54) is 0 Å². The van der Waals surface area contributed by atoms with Crippen LogP contribution in [0.3, 0.4) is 0 Å². The van der Waals surface area contributed by atoms with E-state index in [0.717, 1.165) is 30.9 Å². The van der Waals surface area contributed by atoms with Gasteiger partial charge in [-0.25, -0.2) is 18.0 Å². The number of aromatic nitrogens is 1. The maximum Gasteiger partial charge on any atom is 0.319 e. The number of nitrogens with two attached hydrogens (primary N) is 1. The number of urea groups is 1. The Hall–Kier alpha value is -2.86. The molecule has 164 valence electrons.